The highest BCUT2D eigenvalue weighted by Crippen LogP contribution is 2.24. The molecule has 0 aliphatic heterocycles. The maximum atomic E-state index is 12.5. The summed E-state index contributed by atoms with van der Waals surface area (Å²) in [7, 11) is 3.10. The minimum absolute atomic E-state index is 0.160. The van der Waals surface area contributed by atoms with Gasteiger partial charge in [0.1, 0.15) is 0 Å². The van der Waals surface area contributed by atoms with Gasteiger partial charge in [-0.2, -0.15) is 0 Å². The van der Waals surface area contributed by atoms with E-state index in [0.29, 0.717) is 5.76 Å². The van der Waals surface area contributed by atoms with Gasteiger partial charge < -0.3 is 19.2 Å². The Labute approximate surface area is 129 Å². The highest BCUT2D eigenvalue weighted by molar-refractivity contribution is 5.97. The number of aromatic nitrogens is 1. The predicted molar refractivity (Wildman–Crippen MR) is 81.5 cm³/mol. The number of rotatable bonds is 6. The molecule has 1 aromatic heterocycles. The third-order valence-electron chi connectivity index (χ3n) is 3.27. The molecule has 1 aromatic carbocycles. The molecule has 1 atom stereocenters. The summed E-state index contributed by atoms with van der Waals surface area (Å²) in [5, 5.41) is 9.72. The average Bonchev–Trinajstić information content (AvgIpc) is 2.96. The lowest BCUT2D eigenvalue weighted by Crippen LogP contribution is -2.36. The van der Waals surface area contributed by atoms with E-state index >= 15 is 0 Å². The van der Waals surface area contributed by atoms with Gasteiger partial charge in [-0.05, 0) is 6.92 Å². The van der Waals surface area contributed by atoms with Crippen molar-refractivity contribution in [2.24, 2.45) is 0 Å². The lowest BCUT2D eigenvalue weighted by atomic mass is 10.1. The van der Waals surface area contributed by atoms with E-state index in [0.717, 1.165) is 11.1 Å². The van der Waals surface area contributed by atoms with Crippen molar-refractivity contribution in [3.8, 4) is 11.3 Å². The standard InChI is InChI=1S/C16H20N2O4/c1-11-4-6-12(7-5-11)15-14(17-10-22-15)16(20)18(2)8-13(19)9-21-3/h4-7,10,13,19H,8-9H2,1-3H3/t13-/m0/s1. The van der Waals surface area contributed by atoms with E-state index in [4.69, 9.17) is 9.15 Å². The van der Waals surface area contributed by atoms with Gasteiger partial charge in [-0.15, -0.1) is 0 Å². The van der Waals surface area contributed by atoms with Crippen LogP contribution in [-0.2, 0) is 4.74 Å². The third kappa shape index (κ3) is 3.72. The Morgan fingerprint density at radius 3 is 2.73 bits per heavy atom. The van der Waals surface area contributed by atoms with Crippen molar-refractivity contribution in [1.29, 1.82) is 0 Å². The zero-order valence-corrected chi connectivity index (χ0v) is 12.9. The van der Waals surface area contributed by atoms with Crippen LogP contribution in [-0.4, -0.2) is 54.3 Å². The maximum absolute atomic E-state index is 12.5. The number of amides is 1. The molecule has 1 amide bonds. The number of carbonyl (C=O) groups excluding carboxylic acids is 1. The summed E-state index contributed by atoms with van der Waals surface area (Å²) >= 11 is 0. The summed E-state index contributed by atoms with van der Waals surface area (Å²) < 4.78 is 10.2. The van der Waals surface area contributed by atoms with Crippen LogP contribution in [0.25, 0.3) is 11.3 Å². The second-order valence-electron chi connectivity index (χ2n) is 5.19. The normalized spacial score (nSPS) is 12.2. The summed E-state index contributed by atoms with van der Waals surface area (Å²) in [6.07, 6.45) is 0.510. The first-order chi connectivity index (χ1) is 10.5. The molecule has 0 saturated heterocycles. The minimum Gasteiger partial charge on any atom is -0.443 e. The first-order valence-electron chi connectivity index (χ1n) is 6.96. The van der Waals surface area contributed by atoms with E-state index in [1.54, 1.807) is 7.05 Å². The Kier molecular flexibility index (Phi) is 5.30. The van der Waals surface area contributed by atoms with Crippen molar-refractivity contribution in [3.05, 3.63) is 41.9 Å². The Morgan fingerprint density at radius 2 is 2.09 bits per heavy atom. The first kappa shape index (κ1) is 16.2. The molecule has 0 radical (unpaired) electrons. The largest absolute Gasteiger partial charge is 0.443 e. The predicted octanol–water partition coefficient (Wildman–Crippen LogP) is 1.73. The second-order valence-corrected chi connectivity index (χ2v) is 5.19. The molecule has 118 valence electrons. The highest BCUT2D eigenvalue weighted by atomic mass is 16.5. The number of methoxy groups -OCH3 is 1. The van der Waals surface area contributed by atoms with Crippen LogP contribution in [0.1, 0.15) is 16.1 Å². The van der Waals surface area contributed by atoms with Crippen LogP contribution >= 0.6 is 0 Å². The summed E-state index contributed by atoms with van der Waals surface area (Å²) in [5.74, 6) is 0.123. The number of ether oxygens (including phenoxy) is 1. The fourth-order valence-electron chi connectivity index (χ4n) is 2.13. The molecular weight excluding hydrogens is 284 g/mol. The fourth-order valence-corrected chi connectivity index (χ4v) is 2.13. The van der Waals surface area contributed by atoms with Crippen molar-refractivity contribution < 1.29 is 19.1 Å². The van der Waals surface area contributed by atoms with Gasteiger partial charge in [0.25, 0.3) is 5.91 Å². The number of likely N-dealkylation sites (N-methyl/N-ethyl adjacent to an activating group) is 1. The van der Waals surface area contributed by atoms with Gasteiger partial charge in [0.05, 0.1) is 12.7 Å². The summed E-state index contributed by atoms with van der Waals surface area (Å²) in [6.45, 7) is 2.31. The van der Waals surface area contributed by atoms with Gasteiger partial charge in [0.2, 0.25) is 0 Å². The third-order valence-corrected chi connectivity index (χ3v) is 3.27. The Morgan fingerprint density at radius 1 is 1.41 bits per heavy atom. The topological polar surface area (TPSA) is 75.8 Å². The molecule has 0 spiro atoms. The van der Waals surface area contributed by atoms with Crippen molar-refractivity contribution in [2.75, 3.05) is 27.3 Å². The van der Waals surface area contributed by atoms with Crippen molar-refractivity contribution in [2.45, 2.75) is 13.0 Å². The van der Waals surface area contributed by atoms with Gasteiger partial charge in [-0.25, -0.2) is 4.98 Å². The van der Waals surface area contributed by atoms with Crippen LogP contribution in [0.5, 0.6) is 0 Å². The summed E-state index contributed by atoms with van der Waals surface area (Å²) in [5.41, 5.74) is 2.14. The maximum Gasteiger partial charge on any atom is 0.276 e. The number of aliphatic hydroxyl groups excluding tert-OH is 1. The number of nitrogens with zero attached hydrogens (tertiary/aromatic N) is 2. The minimum atomic E-state index is -0.742. The quantitative estimate of drug-likeness (QED) is 0.879. The number of oxazole rings is 1. The smallest absolute Gasteiger partial charge is 0.276 e. The van der Waals surface area contributed by atoms with Gasteiger partial charge >= 0.3 is 0 Å². The van der Waals surface area contributed by atoms with Gasteiger partial charge in [-0.1, -0.05) is 29.8 Å². The van der Waals surface area contributed by atoms with Crippen molar-refractivity contribution >= 4 is 5.91 Å². The SMILES string of the molecule is COC[C@@H](O)CN(C)C(=O)c1ncoc1-c1ccc(C)cc1. The lowest BCUT2D eigenvalue weighted by molar-refractivity contribution is 0.0378. The van der Waals surface area contributed by atoms with Gasteiger partial charge in [-0.3, -0.25) is 4.79 Å². The molecular formula is C16H20N2O4. The second kappa shape index (κ2) is 7.20. The van der Waals surface area contributed by atoms with Crippen LogP contribution in [0.3, 0.4) is 0 Å². The molecule has 6 nitrogen and oxygen atoms in total. The number of carbonyl (C=O) groups is 1. The molecule has 0 unspecified atom stereocenters. The van der Waals surface area contributed by atoms with Crippen LogP contribution in [0, 0.1) is 6.92 Å². The monoisotopic (exact) mass is 304 g/mol. The number of hydrogen-bond donors (Lipinski definition) is 1. The molecule has 0 saturated carbocycles. The summed E-state index contributed by atoms with van der Waals surface area (Å²) in [6, 6.07) is 7.65. The molecule has 2 rings (SSSR count). The Hall–Kier alpha value is -2.18. The van der Waals surface area contributed by atoms with Crippen LogP contribution in [0.4, 0.5) is 0 Å². The average molecular weight is 304 g/mol. The molecule has 1 heterocycles. The zero-order valence-electron chi connectivity index (χ0n) is 12.9. The van der Waals surface area contributed by atoms with Crippen molar-refractivity contribution in [1.82, 2.24) is 9.88 Å². The van der Waals surface area contributed by atoms with E-state index in [2.05, 4.69) is 4.98 Å². The fraction of sp³-hybridized carbons (Fsp3) is 0.375. The van der Waals surface area contributed by atoms with E-state index in [1.807, 2.05) is 31.2 Å². The number of aryl methyl sites for hydroxylation is 1. The van der Waals surface area contributed by atoms with E-state index in [-0.39, 0.29) is 24.8 Å². The summed E-state index contributed by atoms with van der Waals surface area (Å²) in [4.78, 5) is 17.9. The van der Waals surface area contributed by atoms with E-state index in [9.17, 15) is 9.90 Å². The van der Waals surface area contributed by atoms with Gasteiger partial charge in [0, 0.05) is 26.3 Å². The molecule has 2 aromatic rings. The van der Waals surface area contributed by atoms with Crippen LogP contribution in [0.2, 0.25) is 0 Å². The van der Waals surface area contributed by atoms with E-state index < -0.39 is 6.10 Å². The first-order valence-corrected chi connectivity index (χ1v) is 6.96. The number of aliphatic hydroxyl groups is 1. The molecule has 1 N–H and O–H groups in total. The molecule has 22 heavy (non-hydrogen) atoms. The van der Waals surface area contributed by atoms with E-state index in [1.165, 1.54) is 18.4 Å². The molecule has 0 fully saturated rings. The Bertz CT molecular complexity index is 621. The zero-order chi connectivity index (χ0) is 16.1. The van der Waals surface area contributed by atoms with Crippen LogP contribution in [0.15, 0.2) is 35.1 Å². The lowest BCUT2D eigenvalue weighted by Gasteiger charge is -2.19. The Balaban J connectivity index is 2.17. The molecule has 0 aliphatic carbocycles. The highest BCUT2D eigenvalue weighted by Gasteiger charge is 2.23. The molecule has 0 aliphatic rings. The van der Waals surface area contributed by atoms with Gasteiger partial charge in [0.15, 0.2) is 17.8 Å². The molecule has 0 bridgehead atoms. The number of benzene rings is 1. The van der Waals surface area contributed by atoms with Crippen LogP contribution < -0.4 is 0 Å². The molecule has 6 heteroatoms. The van der Waals surface area contributed by atoms with Crippen molar-refractivity contribution in [3.63, 3.8) is 0 Å². The number of hydrogen-bond acceptors (Lipinski definition) is 5.